The van der Waals surface area contributed by atoms with Crippen molar-refractivity contribution in [3.8, 4) is 0 Å². The molecule has 0 aromatic carbocycles. The van der Waals surface area contributed by atoms with Crippen LogP contribution in [-0.2, 0) is 6.54 Å². The Morgan fingerprint density at radius 1 is 1.50 bits per heavy atom. The molecule has 0 atom stereocenters. The maximum Gasteiger partial charge on any atom is 0.0644 e. The van der Waals surface area contributed by atoms with Gasteiger partial charge in [0.1, 0.15) is 0 Å². The van der Waals surface area contributed by atoms with Crippen LogP contribution >= 0.6 is 11.3 Å². The molecule has 14 heavy (non-hydrogen) atoms. The lowest BCUT2D eigenvalue weighted by atomic mass is 9.94. The third kappa shape index (κ3) is 2.56. The average molecular weight is 211 g/mol. The van der Waals surface area contributed by atoms with E-state index >= 15 is 0 Å². The SMILES string of the molecule is CC1(O)CCN(Cc2cccs2)CC1. The maximum atomic E-state index is 9.79. The Labute approximate surface area is 89.2 Å². The highest BCUT2D eigenvalue weighted by atomic mass is 32.1. The van der Waals surface area contributed by atoms with Gasteiger partial charge in [0.15, 0.2) is 0 Å². The Morgan fingerprint density at radius 2 is 2.21 bits per heavy atom. The first-order valence-corrected chi connectivity index (χ1v) is 6.01. The van der Waals surface area contributed by atoms with Crippen LogP contribution in [0.3, 0.4) is 0 Å². The lowest BCUT2D eigenvalue weighted by Crippen LogP contribution is -2.41. The van der Waals surface area contributed by atoms with Gasteiger partial charge < -0.3 is 5.11 Å². The van der Waals surface area contributed by atoms with Crippen LogP contribution in [0.2, 0.25) is 0 Å². The molecule has 0 unspecified atom stereocenters. The molecule has 2 nitrogen and oxygen atoms in total. The zero-order valence-corrected chi connectivity index (χ0v) is 9.39. The third-order valence-corrected chi connectivity index (χ3v) is 3.75. The van der Waals surface area contributed by atoms with Crippen molar-refractivity contribution in [1.29, 1.82) is 0 Å². The normalized spacial score (nSPS) is 22.4. The summed E-state index contributed by atoms with van der Waals surface area (Å²) in [5.74, 6) is 0. The van der Waals surface area contributed by atoms with Gasteiger partial charge in [0.05, 0.1) is 5.60 Å². The Morgan fingerprint density at radius 3 is 2.79 bits per heavy atom. The van der Waals surface area contributed by atoms with Crippen molar-refractivity contribution in [2.45, 2.75) is 31.9 Å². The summed E-state index contributed by atoms with van der Waals surface area (Å²) in [5.41, 5.74) is -0.425. The van der Waals surface area contributed by atoms with Gasteiger partial charge in [0, 0.05) is 24.5 Å². The predicted octanol–water partition coefficient (Wildman–Crippen LogP) is 2.09. The summed E-state index contributed by atoms with van der Waals surface area (Å²) in [4.78, 5) is 3.84. The zero-order chi connectivity index (χ0) is 10.0. The fourth-order valence-electron chi connectivity index (χ4n) is 1.82. The number of piperidine rings is 1. The van der Waals surface area contributed by atoms with Crippen molar-refractivity contribution < 1.29 is 5.11 Å². The van der Waals surface area contributed by atoms with Gasteiger partial charge in [-0.1, -0.05) is 6.07 Å². The van der Waals surface area contributed by atoms with Crippen molar-refractivity contribution in [2.24, 2.45) is 0 Å². The van der Waals surface area contributed by atoms with Crippen LogP contribution in [-0.4, -0.2) is 28.7 Å². The van der Waals surface area contributed by atoms with Gasteiger partial charge in [-0.05, 0) is 31.2 Å². The number of aliphatic hydroxyl groups is 1. The van der Waals surface area contributed by atoms with E-state index in [0.29, 0.717) is 0 Å². The zero-order valence-electron chi connectivity index (χ0n) is 8.57. The second-order valence-electron chi connectivity index (χ2n) is 4.35. The Hall–Kier alpha value is -0.380. The molecule has 0 spiro atoms. The van der Waals surface area contributed by atoms with Crippen molar-refractivity contribution in [1.82, 2.24) is 4.90 Å². The summed E-state index contributed by atoms with van der Waals surface area (Å²) >= 11 is 1.81. The highest BCUT2D eigenvalue weighted by molar-refractivity contribution is 7.09. The third-order valence-electron chi connectivity index (χ3n) is 2.89. The van der Waals surface area contributed by atoms with E-state index in [1.807, 2.05) is 18.3 Å². The molecule has 2 heterocycles. The smallest absolute Gasteiger partial charge is 0.0644 e. The van der Waals surface area contributed by atoms with E-state index in [1.165, 1.54) is 4.88 Å². The highest BCUT2D eigenvalue weighted by Gasteiger charge is 2.27. The van der Waals surface area contributed by atoms with Crippen LogP contribution in [0.15, 0.2) is 17.5 Å². The molecule has 1 fully saturated rings. The number of nitrogens with zero attached hydrogens (tertiary/aromatic N) is 1. The summed E-state index contributed by atoms with van der Waals surface area (Å²) in [5, 5.41) is 11.9. The molecule has 1 aromatic heterocycles. The molecular formula is C11H17NOS. The van der Waals surface area contributed by atoms with Crippen LogP contribution < -0.4 is 0 Å². The lowest BCUT2D eigenvalue weighted by Gasteiger charge is -2.35. The highest BCUT2D eigenvalue weighted by Crippen LogP contribution is 2.23. The van der Waals surface area contributed by atoms with Gasteiger partial charge in [-0.15, -0.1) is 11.3 Å². The average Bonchev–Trinajstić information content (AvgIpc) is 2.61. The monoisotopic (exact) mass is 211 g/mol. The Balaban J connectivity index is 1.85. The first-order chi connectivity index (χ1) is 6.66. The lowest BCUT2D eigenvalue weighted by molar-refractivity contribution is -0.00706. The molecule has 0 radical (unpaired) electrons. The molecule has 1 N–H and O–H groups in total. The van der Waals surface area contributed by atoms with Crippen molar-refractivity contribution in [3.63, 3.8) is 0 Å². The van der Waals surface area contributed by atoms with Crippen molar-refractivity contribution >= 4 is 11.3 Å². The minimum Gasteiger partial charge on any atom is -0.390 e. The molecule has 2 rings (SSSR count). The summed E-state index contributed by atoms with van der Waals surface area (Å²) < 4.78 is 0. The standard InChI is InChI=1S/C11H17NOS/c1-11(13)4-6-12(7-5-11)9-10-3-2-8-14-10/h2-3,8,13H,4-7,9H2,1H3. The molecule has 0 aliphatic carbocycles. The van der Waals surface area contributed by atoms with Gasteiger partial charge in [-0.2, -0.15) is 0 Å². The van der Waals surface area contributed by atoms with E-state index in [-0.39, 0.29) is 0 Å². The van der Waals surface area contributed by atoms with Gasteiger partial charge >= 0.3 is 0 Å². The molecule has 78 valence electrons. The Kier molecular flexibility index (Phi) is 2.91. The Bertz CT molecular complexity index is 271. The van der Waals surface area contributed by atoms with Crippen molar-refractivity contribution in [3.05, 3.63) is 22.4 Å². The van der Waals surface area contributed by atoms with E-state index in [9.17, 15) is 5.11 Å². The van der Waals surface area contributed by atoms with E-state index in [0.717, 1.165) is 32.5 Å². The fraction of sp³-hybridized carbons (Fsp3) is 0.636. The van der Waals surface area contributed by atoms with Crippen LogP contribution in [0.1, 0.15) is 24.6 Å². The van der Waals surface area contributed by atoms with E-state index < -0.39 is 5.60 Å². The number of thiophene rings is 1. The number of hydrogen-bond acceptors (Lipinski definition) is 3. The molecule has 3 heteroatoms. The second-order valence-corrected chi connectivity index (χ2v) is 5.38. The largest absolute Gasteiger partial charge is 0.390 e. The van der Waals surface area contributed by atoms with Crippen LogP contribution in [0.4, 0.5) is 0 Å². The summed E-state index contributed by atoms with van der Waals surface area (Å²) in [6, 6.07) is 4.28. The van der Waals surface area contributed by atoms with Gasteiger partial charge in [-0.3, -0.25) is 4.90 Å². The fourth-order valence-corrected chi connectivity index (χ4v) is 2.56. The molecule has 1 aromatic rings. The second kappa shape index (κ2) is 4.01. The first-order valence-electron chi connectivity index (χ1n) is 5.13. The van der Waals surface area contributed by atoms with E-state index in [1.54, 1.807) is 0 Å². The van der Waals surface area contributed by atoms with Gasteiger partial charge in [-0.25, -0.2) is 0 Å². The van der Waals surface area contributed by atoms with Gasteiger partial charge in [0.2, 0.25) is 0 Å². The van der Waals surface area contributed by atoms with Gasteiger partial charge in [0.25, 0.3) is 0 Å². The summed E-state index contributed by atoms with van der Waals surface area (Å²) in [6.45, 7) is 5.03. The minimum absolute atomic E-state index is 0.425. The molecule has 1 aliphatic rings. The van der Waals surface area contributed by atoms with Crippen LogP contribution in [0, 0.1) is 0 Å². The predicted molar refractivity (Wildman–Crippen MR) is 59.5 cm³/mol. The first kappa shape index (κ1) is 10.1. The summed E-state index contributed by atoms with van der Waals surface area (Å²) in [6.07, 6.45) is 1.80. The van der Waals surface area contributed by atoms with Crippen LogP contribution in [0.5, 0.6) is 0 Å². The quantitative estimate of drug-likeness (QED) is 0.809. The molecule has 0 saturated carbocycles. The topological polar surface area (TPSA) is 23.5 Å². The van der Waals surface area contributed by atoms with Crippen LogP contribution in [0.25, 0.3) is 0 Å². The van der Waals surface area contributed by atoms with E-state index in [4.69, 9.17) is 0 Å². The van der Waals surface area contributed by atoms with Crippen molar-refractivity contribution in [2.75, 3.05) is 13.1 Å². The number of rotatable bonds is 2. The number of likely N-dealkylation sites (tertiary alicyclic amines) is 1. The molecule has 0 bridgehead atoms. The molecular weight excluding hydrogens is 194 g/mol. The summed E-state index contributed by atoms with van der Waals surface area (Å²) in [7, 11) is 0. The van der Waals surface area contributed by atoms with E-state index in [2.05, 4.69) is 22.4 Å². The molecule has 1 saturated heterocycles. The maximum absolute atomic E-state index is 9.79. The molecule has 0 amide bonds. The minimum atomic E-state index is -0.425. The molecule has 1 aliphatic heterocycles. The number of hydrogen-bond donors (Lipinski definition) is 1.